The van der Waals surface area contributed by atoms with Crippen molar-refractivity contribution in [2.45, 2.75) is 64.1 Å². The van der Waals surface area contributed by atoms with Crippen molar-refractivity contribution in [3.8, 4) is 0 Å². The molecule has 4 nitrogen and oxygen atoms in total. The minimum atomic E-state index is 0.628. The molecule has 0 aliphatic heterocycles. The van der Waals surface area contributed by atoms with Gasteiger partial charge in [-0.3, -0.25) is 0 Å². The summed E-state index contributed by atoms with van der Waals surface area (Å²) >= 11 is 0. The van der Waals surface area contributed by atoms with E-state index < -0.39 is 0 Å². The van der Waals surface area contributed by atoms with Crippen molar-refractivity contribution in [1.29, 1.82) is 0 Å². The number of hydrogen-bond acceptors (Lipinski definition) is 4. The lowest BCUT2D eigenvalue weighted by molar-refractivity contribution is 0.335. The van der Waals surface area contributed by atoms with E-state index in [0.29, 0.717) is 6.04 Å². The third-order valence-corrected chi connectivity index (χ3v) is 4.67. The van der Waals surface area contributed by atoms with Gasteiger partial charge >= 0.3 is 0 Å². The predicted octanol–water partition coefficient (Wildman–Crippen LogP) is 2.74. The minimum absolute atomic E-state index is 0.628. The average Bonchev–Trinajstić information content (AvgIpc) is 3.29. The molecule has 2 saturated carbocycles. The maximum absolute atomic E-state index is 4.41. The van der Waals surface area contributed by atoms with E-state index in [4.69, 9.17) is 0 Å². The van der Waals surface area contributed by atoms with E-state index >= 15 is 0 Å². The molecule has 0 radical (unpaired) electrons. The molecular formula is C16H26N4. The van der Waals surface area contributed by atoms with Crippen LogP contribution in [-0.2, 0) is 6.54 Å². The second-order valence-electron chi connectivity index (χ2n) is 6.57. The van der Waals surface area contributed by atoms with E-state index in [9.17, 15) is 0 Å². The van der Waals surface area contributed by atoms with Gasteiger partial charge in [0.05, 0.1) is 5.69 Å². The first kappa shape index (κ1) is 13.8. The first-order valence-corrected chi connectivity index (χ1v) is 8.01. The van der Waals surface area contributed by atoms with E-state index in [1.165, 1.54) is 38.5 Å². The van der Waals surface area contributed by atoms with Gasteiger partial charge in [0, 0.05) is 25.7 Å². The summed E-state index contributed by atoms with van der Waals surface area (Å²) in [5.41, 5.74) is 1.05. The van der Waals surface area contributed by atoms with E-state index in [1.807, 2.05) is 0 Å². The molecule has 0 bridgehead atoms. The molecule has 1 heterocycles. The van der Waals surface area contributed by atoms with Gasteiger partial charge in [-0.1, -0.05) is 19.8 Å². The normalized spacial score (nSPS) is 26.5. The Morgan fingerprint density at radius 3 is 2.70 bits per heavy atom. The molecule has 0 amide bonds. The Bertz CT molecular complexity index is 427. The lowest BCUT2D eigenvalue weighted by Crippen LogP contribution is -2.36. The summed E-state index contributed by atoms with van der Waals surface area (Å²) in [6.07, 6.45) is 7.91. The molecule has 2 unspecified atom stereocenters. The van der Waals surface area contributed by atoms with E-state index in [1.54, 1.807) is 0 Å². The summed E-state index contributed by atoms with van der Waals surface area (Å²) in [6.45, 7) is 3.21. The van der Waals surface area contributed by atoms with E-state index in [0.717, 1.165) is 30.0 Å². The number of aromatic nitrogens is 2. The van der Waals surface area contributed by atoms with Gasteiger partial charge in [0.2, 0.25) is 0 Å². The lowest BCUT2D eigenvalue weighted by atomic mass is 9.86. The molecule has 20 heavy (non-hydrogen) atoms. The van der Waals surface area contributed by atoms with Crippen LogP contribution < -0.4 is 10.2 Å². The molecule has 2 aliphatic carbocycles. The maximum atomic E-state index is 4.41. The molecule has 0 spiro atoms. The van der Waals surface area contributed by atoms with E-state index in [-0.39, 0.29) is 0 Å². The zero-order valence-electron chi connectivity index (χ0n) is 12.7. The van der Waals surface area contributed by atoms with Crippen LogP contribution in [0.4, 0.5) is 5.82 Å². The fraction of sp³-hybridized carbons (Fsp3) is 0.750. The van der Waals surface area contributed by atoms with Gasteiger partial charge in [0.25, 0.3) is 0 Å². The number of hydrogen-bond donors (Lipinski definition) is 1. The summed E-state index contributed by atoms with van der Waals surface area (Å²) in [5, 5.41) is 12.2. The van der Waals surface area contributed by atoms with Gasteiger partial charge < -0.3 is 10.2 Å². The zero-order valence-corrected chi connectivity index (χ0v) is 12.7. The van der Waals surface area contributed by atoms with Crippen LogP contribution >= 0.6 is 0 Å². The predicted molar refractivity (Wildman–Crippen MR) is 81.7 cm³/mol. The Hall–Kier alpha value is -1.16. The smallest absolute Gasteiger partial charge is 0.151 e. The van der Waals surface area contributed by atoms with Crippen molar-refractivity contribution in [3.05, 3.63) is 17.8 Å². The number of nitrogens with zero attached hydrogens (tertiary/aromatic N) is 3. The van der Waals surface area contributed by atoms with Gasteiger partial charge in [0.1, 0.15) is 0 Å². The van der Waals surface area contributed by atoms with Crippen LogP contribution in [0.2, 0.25) is 0 Å². The van der Waals surface area contributed by atoms with Crippen LogP contribution in [0.25, 0.3) is 0 Å². The first-order chi connectivity index (χ1) is 9.72. The summed E-state index contributed by atoms with van der Waals surface area (Å²) in [7, 11) is 2.16. The van der Waals surface area contributed by atoms with Gasteiger partial charge in [-0.05, 0) is 43.7 Å². The largest absolute Gasteiger partial charge is 0.355 e. The van der Waals surface area contributed by atoms with E-state index in [2.05, 4.69) is 46.5 Å². The van der Waals surface area contributed by atoms with Crippen LogP contribution in [0.1, 0.15) is 51.1 Å². The fourth-order valence-corrected chi connectivity index (χ4v) is 3.11. The first-order valence-electron chi connectivity index (χ1n) is 8.01. The summed E-state index contributed by atoms with van der Waals surface area (Å²) in [4.78, 5) is 2.32. The molecule has 3 rings (SSSR count). The van der Waals surface area contributed by atoms with Crippen LogP contribution in [0.3, 0.4) is 0 Å². The van der Waals surface area contributed by atoms with Crippen LogP contribution in [0, 0.1) is 5.92 Å². The highest BCUT2D eigenvalue weighted by Crippen LogP contribution is 2.28. The quantitative estimate of drug-likeness (QED) is 0.896. The zero-order chi connectivity index (χ0) is 13.9. The Balaban J connectivity index is 1.57. The third kappa shape index (κ3) is 3.48. The molecule has 4 heteroatoms. The van der Waals surface area contributed by atoms with Gasteiger partial charge in [0.15, 0.2) is 5.82 Å². The summed E-state index contributed by atoms with van der Waals surface area (Å²) < 4.78 is 0. The Morgan fingerprint density at radius 1 is 1.20 bits per heavy atom. The third-order valence-electron chi connectivity index (χ3n) is 4.67. The van der Waals surface area contributed by atoms with Crippen molar-refractivity contribution in [3.63, 3.8) is 0 Å². The van der Waals surface area contributed by atoms with Crippen molar-refractivity contribution in [1.82, 2.24) is 15.5 Å². The second kappa shape index (κ2) is 6.08. The molecule has 0 saturated heterocycles. The lowest BCUT2D eigenvalue weighted by Gasteiger charge is -2.34. The van der Waals surface area contributed by atoms with Crippen LogP contribution in [0.5, 0.6) is 0 Å². The number of anilines is 1. The van der Waals surface area contributed by atoms with Crippen LogP contribution in [0.15, 0.2) is 12.1 Å². The van der Waals surface area contributed by atoms with Crippen molar-refractivity contribution < 1.29 is 0 Å². The van der Waals surface area contributed by atoms with Crippen molar-refractivity contribution >= 4 is 5.82 Å². The number of rotatable bonds is 5. The van der Waals surface area contributed by atoms with Crippen molar-refractivity contribution in [2.24, 2.45) is 5.92 Å². The summed E-state index contributed by atoms with van der Waals surface area (Å²) in [6, 6.07) is 5.59. The molecule has 2 fully saturated rings. The monoisotopic (exact) mass is 274 g/mol. The van der Waals surface area contributed by atoms with Gasteiger partial charge in [-0.25, -0.2) is 0 Å². The molecule has 2 atom stereocenters. The Labute approximate surface area is 122 Å². The molecule has 0 aromatic carbocycles. The molecule has 110 valence electrons. The minimum Gasteiger partial charge on any atom is -0.355 e. The maximum Gasteiger partial charge on any atom is 0.151 e. The topological polar surface area (TPSA) is 41.0 Å². The fourth-order valence-electron chi connectivity index (χ4n) is 3.11. The molecule has 1 aromatic heterocycles. The van der Waals surface area contributed by atoms with Crippen LogP contribution in [-0.4, -0.2) is 29.3 Å². The highest BCUT2D eigenvalue weighted by Gasteiger charge is 2.23. The molecular weight excluding hydrogens is 248 g/mol. The van der Waals surface area contributed by atoms with Gasteiger partial charge in [-0.2, -0.15) is 5.10 Å². The molecule has 1 N–H and O–H groups in total. The second-order valence-corrected chi connectivity index (χ2v) is 6.57. The highest BCUT2D eigenvalue weighted by atomic mass is 15.3. The highest BCUT2D eigenvalue weighted by molar-refractivity contribution is 5.37. The Kier molecular flexibility index (Phi) is 4.20. The Morgan fingerprint density at radius 2 is 2.05 bits per heavy atom. The standard InChI is InChI=1S/C16H26N4/c1-12-4-3-5-15(10-12)20(2)16-9-8-14(18-19-16)11-17-13-6-7-13/h8-9,12-13,15,17H,3-7,10-11H2,1-2H3. The number of nitrogens with one attached hydrogen (secondary N) is 1. The van der Waals surface area contributed by atoms with Gasteiger partial charge in [-0.15, -0.1) is 5.10 Å². The average molecular weight is 274 g/mol. The molecule has 1 aromatic rings. The van der Waals surface area contributed by atoms with Crippen molar-refractivity contribution in [2.75, 3.05) is 11.9 Å². The SMILES string of the molecule is CC1CCCC(N(C)c2ccc(CNC3CC3)nn2)C1. The summed E-state index contributed by atoms with van der Waals surface area (Å²) in [5.74, 6) is 1.85. The molecule has 2 aliphatic rings.